The summed E-state index contributed by atoms with van der Waals surface area (Å²) in [6.07, 6.45) is 2.20. The Morgan fingerprint density at radius 3 is 0.667 bits per heavy atom. The summed E-state index contributed by atoms with van der Waals surface area (Å²) in [5, 5.41) is 162. The number of hydrogen-bond acceptors (Lipinski definition) is 16. The van der Waals surface area contributed by atoms with E-state index in [1.807, 2.05) is 64.1 Å². The van der Waals surface area contributed by atoms with Crippen molar-refractivity contribution in [3.05, 3.63) is 123 Å². The molecule has 0 atom stereocenters. The van der Waals surface area contributed by atoms with Crippen molar-refractivity contribution in [3.63, 3.8) is 0 Å². The van der Waals surface area contributed by atoms with Crippen LogP contribution in [-0.4, -0.2) is 99.9 Å². The second kappa shape index (κ2) is 28.2. The summed E-state index contributed by atoms with van der Waals surface area (Å²) < 4.78 is 0. The first-order valence-corrected chi connectivity index (χ1v) is 26.7. The molecule has 7 aromatic rings. The molecular formula is C62H81NO15. The predicted molar refractivity (Wildman–Crippen MR) is 304 cm³/mol. The van der Waals surface area contributed by atoms with Crippen LogP contribution in [-0.2, 0) is 0 Å². The van der Waals surface area contributed by atoms with Gasteiger partial charge in [0.2, 0.25) is 23.0 Å². The molecule has 0 saturated heterocycles. The molecule has 424 valence electrons. The number of nitrogens with zero attached hydrogens (tertiary/aromatic N) is 1. The molecule has 0 spiro atoms. The van der Waals surface area contributed by atoms with Crippen LogP contribution < -0.4 is 0 Å². The fourth-order valence-electron chi connectivity index (χ4n) is 9.67. The quantitative estimate of drug-likeness (QED) is 0.0497. The van der Waals surface area contributed by atoms with E-state index in [2.05, 4.69) is 23.2 Å². The first kappa shape index (κ1) is 63.0. The summed E-state index contributed by atoms with van der Waals surface area (Å²) >= 11 is 0. The van der Waals surface area contributed by atoms with Gasteiger partial charge in [0.1, 0.15) is 0 Å². The number of phenolic OH excluding ortho intramolecular Hbond substituents is 12. The molecule has 0 aliphatic heterocycles. The van der Waals surface area contributed by atoms with Crippen molar-refractivity contribution in [1.29, 1.82) is 0 Å². The molecule has 8 rings (SSSR count). The largest absolute Gasteiger partial charge is 0.504 e. The van der Waals surface area contributed by atoms with Crippen LogP contribution in [0.3, 0.4) is 0 Å². The number of benzene rings is 6. The fraction of sp³-hybridized carbons (Fsp3) is 0.403. The Morgan fingerprint density at radius 1 is 0.308 bits per heavy atom. The Morgan fingerprint density at radius 2 is 0.487 bits per heavy atom. The van der Waals surface area contributed by atoms with Gasteiger partial charge in [-0.15, -0.1) is 0 Å². The first-order chi connectivity index (χ1) is 36.8. The minimum Gasteiger partial charge on any atom is -0.504 e. The molecule has 0 saturated carbocycles. The number of hydrogen-bond donors (Lipinski definition) is 15. The summed E-state index contributed by atoms with van der Waals surface area (Å²) in [5.41, 5.74) is 2.44. The molecule has 0 amide bonds. The third kappa shape index (κ3) is 14.5. The smallest absolute Gasteiger partial charge is 0.200 e. The molecule has 6 aromatic carbocycles. The standard InChI is InChI=1S/C40H48O12.C13H9N.3C3H8O/c1-5-9-17-21-13-23(31(43)37(49)29(21)41)18(10-6-2)25-15-27(35(47)39(51)33(25)45)20(12-8-4)28-16-26(34(46)40(52)36(28)48)19(11-7-3)24-14-22(17)30(42)38(50)32(24)44;1-3-7-12-10(5-1)9-11-6-2-4-8-13(11)14-12;3*1-3(2)4/h13-20,41-52H,5-12H2,1-4H3;1-9H;3*3-4H,1-2H3. The van der Waals surface area contributed by atoms with Gasteiger partial charge in [-0.1, -0.05) is 89.8 Å². The van der Waals surface area contributed by atoms with E-state index in [-0.39, 0.29) is 88.5 Å². The van der Waals surface area contributed by atoms with E-state index in [0.717, 1.165) is 11.0 Å². The zero-order valence-corrected chi connectivity index (χ0v) is 46.4. The van der Waals surface area contributed by atoms with Crippen molar-refractivity contribution >= 4 is 21.8 Å². The minimum atomic E-state index is -0.971. The zero-order chi connectivity index (χ0) is 58.5. The van der Waals surface area contributed by atoms with Gasteiger partial charge in [-0.25, -0.2) is 4.98 Å². The lowest BCUT2D eigenvalue weighted by molar-refractivity contribution is 0.215. The average molecular weight is 1080 g/mol. The first-order valence-electron chi connectivity index (χ1n) is 26.7. The Hall–Kier alpha value is -7.53. The highest BCUT2D eigenvalue weighted by Gasteiger charge is 2.37. The maximum atomic E-state index is 11.4. The van der Waals surface area contributed by atoms with Crippen LogP contribution in [0.4, 0.5) is 0 Å². The van der Waals surface area contributed by atoms with E-state index in [0.29, 0.717) is 25.7 Å². The van der Waals surface area contributed by atoms with Crippen LogP contribution in [0.5, 0.6) is 69.0 Å². The lowest BCUT2D eigenvalue weighted by Gasteiger charge is -2.29. The third-order valence-corrected chi connectivity index (χ3v) is 13.0. The van der Waals surface area contributed by atoms with Gasteiger partial charge in [0.15, 0.2) is 46.0 Å². The van der Waals surface area contributed by atoms with Crippen molar-refractivity contribution in [3.8, 4) is 69.0 Å². The van der Waals surface area contributed by atoms with E-state index >= 15 is 0 Å². The maximum absolute atomic E-state index is 11.4. The summed E-state index contributed by atoms with van der Waals surface area (Å²) in [6.45, 7) is 17.7. The second-order valence-corrected chi connectivity index (χ2v) is 20.4. The second-order valence-electron chi connectivity index (χ2n) is 20.4. The Bertz CT molecular complexity index is 2590. The van der Waals surface area contributed by atoms with Gasteiger partial charge in [-0.05, 0) is 110 Å². The molecule has 1 heterocycles. The number of aromatic nitrogens is 1. The van der Waals surface area contributed by atoms with Crippen LogP contribution >= 0.6 is 0 Å². The molecule has 0 fully saturated rings. The van der Waals surface area contributed by atoms with Crippen molar-refractivity contribution in [1.82, 2.24) is 4.98 Å². The number of pyridine rings is 1. The number of aliphatic hydroxyl groups excluding tert-OH is 3. The number of aliphatic hydroxyl groups is 3. The van der Waals surface area contributed by atoms with Gasteiger partial charge in [0, 0.05) is 97.3 Å². The van der Waals surface area contributed by atoms with Gasteiger partial charge < -0.3 is 76.6 Å². The van der Waals surface area contributed by atoms with Crippen molar-refractivity contribution in [2.75, 3.05) is 0 Å². The molecule has 16 nitrogen and oxygen atoms in total. The molecule has 0 unspecified atom stereocenters. The highest BCUT2D eigenvalue weighted by Crippen LogP contribution is 2.58. The maximum Gasteiger partial charge on any atom is 0.200 e. The summed E-state index contributed by atoms with van der Waals surface area (Å²) in [7, 11) is 0. The van der Waals surface area contributed by atoms with Crippen LogP contribution in [0.2, 0.25) is 0 Å². The van der Waals surface area contributed by atoms with E-state index in [1.165, 1.54) is 35.0 Å². The SMILES string of the molecule is CC(C)O.CC(C)O.CC(C)O.CCCC1c2cc(c(O)c(O)c2O)C(CCC)c2cc(c(O)c(O)c2O)C(CCC)c2cc(c(O)c(O)c2O)C(CCC)c2cc1c(O)c(O)c2O.c1ccc2nc3ccccc3cc2c1. The minimum absolute atomic E-state index is 0.0395. The van der Waals surface area contributed by atoms with Crippen LogP contribution in [0.15, 0.2) is 78.9 Å². The van der Waals surface area contributed by atoms with Crippen molar-refractivity contribution in [2.45, 2.75) is 163 Å². The van der Waals surface area contributed by atoms with Crippen molar-refractivity contribution in [2.24, 2.45) is 0 Å². The van der Waals surface area contributed by atoms with Gasteiger partial charge >= 0.3 is 0 Å². The molecule has 16 heteroatoms. The highest BCUT2D eigenvalue weighted by atomic mass is 16.3. The fourth-order valence-corrected chi connectivity index (χ4v) is 9.67. The summed E-state index contributed by atoms with van der Waals surface area (Å²) in [4.78, 5) is 4.58. The molecule has 0 radical (unpaired) electrons. The molecule has 8 bridgehead atoms. The lowest BCUT2D eigenvalue weighted by Crippen LogP contribution is -2.11. The lowest BCUT2D eigenvalue weighted by atomic mass is 9.76. The monoisotopic (exact) mass is 1080 g/mol. The van der Waals surface area contributed by atoms with E-state index in [1.54, 1.807) is 41.5 Å². The van der Waals surface area contributed by atoms with E-state index in [9.17, 15) is 61.3 Å². The number of para-hydroxylation sites is 2. The van der Waals surface area contributed by atoms with Crippen LogP contribution in [0.1, 0.15) is 189 Å². The Balaban J connectivity index is 0.000000409. The zero-order valence-electron chi connectivity index (χ0n) is 46.4. The number of fused-ring (bicyclic) bond motifs is 10. The molecule has 78 heavy (non-hydrogen) atoms. The third-order valence-electron chi connectivity index (χ3n) is 13.0. The Kier molecular flexibility index (Phi) is 22.8. The normalized spacial score (nSPS) is 15.6. The average Bonchev–Trinajstić information content (AvgIpc) is 3.50. The number of phenols is 12. The molecule has 15 N–H and O–H groups in total. The van der Waals surface area contributed by atoms with Crippen LogP contribution in [0, 0.1) is 0 Å². The Labute approximate surface area is 456 Å². The highest BCUT2D eigenvalue weighted by molar-refractivity contribution is 5.92. The molecule has 1 aliphatic rings. The predicted octanol–water partition coefficient (Wildman–Crippen LogP) is 12.7. The topological polar surface area (TPSA) is 316 Å². The summed E-state index contributed by atoms with van der Waals surface area (Å²) in [5.74, 6) is -13.1. The summed E-state index contributed by atoms with van der Waals surface area (Å²) in [6, 6.07) is 24.3. The molecule has 1 aliphatic carbocycles. The van der Waals surface area contributed by atoms with E-state index in [4.69, 9.17) is 15.3 Å². The molecule has 1 aromatic heterocycles. The van der Waals surface area contributed by atoms with Gasteiger partial charge in [0.05, 0.1) is 11.0 Å². The van der Waals surface area contributed by atoms with Gasteiger partial charge in [-0.3, -0.25) is 0 Å². The van der Waals surface area contributed by atoms with Crippen LogP contribution in [0.25, 0.3) is 21.8 Å². The van der Waals surface area contributed by atoms with Crippen molar-refractivity contribution < 1.29 is 76.6 Å². The molecular weight excluding hydrogens is 999 g/mol. The van der Waals surface area contributed by atoms with E-state index < -0.39 is 92.7 Å². The van der Waals surface area contributed by atoms with Gasteiger partial charge in [0.25, 0.3) is 0 Å². The number of rotatable bonds is 8. The van der Waals surface area contributed by atoms with Gasteiger partial charge in [-0.2, -0.15) is 0 Å². The number of aromatic hydroxyl groups is 12.